The highest BCUT2D eigenvalue weighted by molar-refractivity contribution is 5.66. The number of nitrogens with one attached hydrogen (secondary N) is 1. The lowest BCUT2D eigenvalue weighted by molar-refractivity contribution is 0.297. The largest absolute Gasteiger partial charge is 0.490 e. The third-order valence-electron chi connectivity index (χ3n) is 3.08. The molecular weight excluding hydrogens is 278 g/mol. The van der Waals surface area contributed by atoms with Crippen LogP contribution in [0.3, 0.4) is 0 Å². The molecule has 6 heteroatoms. The average molecular weight is 292 g/mol. The molecule has 2 aromatic carbocycles. The molecule has 3 N–H and O–H groups in total. The molecule has 0 aliphatic carbocycles. The molecule has 0 saturated carbocycles. The van der Waals surface area contributed by atoms with Gasteiger partial charge in [0, 0.05) is 23.9 Å². The maximum atomic E-state index is 13.8. The molecule has 0 spiro atoms. The number of ether oxygens (including phenoxy) is 2. The third kappa shape index (κ3) is 2.84. The van der Waals surface area contributed by atoms with Crippen molar-refractivity contribution in [1.29, 1.82) is 0 Å². The molecule has 2 aromatic rings. The van der Waals surface area contributed by atoms with Crippen molar-refractivity contribution in [3.8, 4) is 11.5 Å². The summed E-state index contributed by atoms with van der Waals surface area (Å²) in [7, 11) is 0. The van der Waals surface area contributed by atoms with Gasteiger partial charge in [0.1, 0.15) is 5.69 Å². The zero-order chi connectivity index (χ0) is 14.8. The van der Waals surface area contributed by atoms with Gasteiger partial charge in [-0.1, -0.05) is 0 Å². The van der Waals surface area contributed by atoms with Gasteiger partial charge in [0.15, 0.2) is 23.1 Å². The molecule has 4 nitrogen and oxygen atoms in total. The molecule has 1 aliphatic heterocycles. The Hall–Kier alpha value is -2.50. The molecule has 110 valence electrons. The lowest BCUT2D eigenvalue weighted by Gasteiger charge is -2.12. The summed E-state index contributed by atoms with van der Waals surface area (Å²) in [5, 5.41) is 2.70. The van der Waals surface area contributed by atoms with Crippen LogP contribution in [-0.2, 0) is 0 Å². The predicted molar refractivity (Wildman–Crippen MR) is 76.1 cm³/mol. The minimum Gasteiger partial charge on any atom is -0.490 e. The number of hydrogen-bond donors (Lipinski definition) is 2. The second-order valence-electron chi connectivity index (χ2n) is 4.70. The fraction of sp³-hybridized carbons (Fsp3) is 0.200. The highest BCUT2D eigenvalue weighted by Crippen LogP contribution is 2.34. The first kappa shape index (κ1) is 13.5. The number of nitrogen functional groups attached to an aromatic ring is 1. The Labute approximate surface area is 120 Å². The van der Waals surface area contributed by atoms with Crippen LogP contribution in [0, 0.1) is 11.6 Å². The minimum absolute atomic E-state index is 0.0363. The summed E-state index contributed by atoms with van der Waals surface area (Å²) in [6.45, 7) is 1.13. The van der Waals surface area contributed by atoms with E-state index in [2.05, 4.69) is 5.32 Å². The molecule has 1 aliphatic rings. The fourth-order valence-corrected chi connectivity index (χ4v) is 2.10. The van der Waals surface area contributed by atoms with Gasteiger partial charge < -0.3 is 20.5 Å². The lowest BCUT2D eigenvalue weighted by atomic mass is 10.2. The first-order valence-electron chi connectivity index (χ1n) is 6.54. The van der Waals surface area contributed by atoms with Crippen LogP contribution in [-0.4, -0.2) is 13.2 Å². The number of halogens is 2. The highest BCUT2D eigenvalue weighted by atomic mass is 19.1. The molecule has 0 saturated heterocycles. The van der Waals surface area contributed by atoms with Crippen molar-refractivity contribution < 1.29 is 18.3 Å². The van der Waals surface area contributed by atoms with E-state index in [1.165, 1.54) is 0 Å². The number of benzene rings is 2. The predicted octanol–water partition coefficient (Wildman–Crippen LogP) is 3.45. The van der Waals surface area contributed by atoms with Crippen LogP contribution < -0.4 is 20.5 Å². The summed E-state index contributed by atoms with van der Waals surface area (Å²) < 4.78 is 38.6. The van der Waals surface area contributed by atoms with Gasteiger partial charge in [-0.05, 0) is 24.3 Å². The molecule has 1 heterocycles. The van der Waals surface area contributed by atoms with Gasteiger partial charge >= 0.3 is 0 Å². The SMILES string of the molecule is Nc1cc(F)c(Nc2ccc3c(c2)OCCCO3)c(F)c1. The molecule has 0 bridgehead atoms. The summed E-state index contributed by atoms with van der Waals surface area (Å²) >= 11 is 0. The van der Waals surface area contributed by atoms with Crippen molar-refractivity contribution in [2.45, 2.75) is 6.42 Å². The quantitative estimate of drug-likeness (QED) is 0.832. The number of anilines is 3. The van der Waals surface area contributed by atoms with Crippen LogP contribution in [0.2, 0.25) is 0 Å². The van der Waals surface area contributed by atoms with E-state index >= 15 is 0 Å². The number of rotatable bonds is 2. The van der Waals surface area contributed by atoms with E-state index in [1.807, 2.05) is 0 Å². The van der Waals surface area contributed by atoms with Gasteiger partial charge in [0.05, 0.1) is 13.2 Å². The van der Waals surface area contributed by atoms with Crippen molar-refractivity contribution in [1.82, 2.24) is 0 Å². The standard InChI is InChI=1S/C15H14F2N2O2/c16-11-6-9(18)7-12(17)15(11)19-10-2-3-13-14(8-10)21-5-1-4-20-13/h2-3,6-8,19H,1,4-5,18H2. The van der Waals surface area contributed by atoms with Crippen LogP contribution >= 0.6 is 0 Å². The van der Waals surface area contributed by atoms with E-state index < -0.39 is 11.6 Å². The first-order chi connectivity index (χ1) is 10.1. The normalized spacial score (nSPS) is 13.6. The number of nitrogens with two attached hydrogens (primary N) is 1. The van der Waals surface area contributed by atoms with Crippen LogP contribution in [0.1, 0.15) is 6.42 Å². The minimum atomic E-state index is -0.750. The van der Waals surface area contributed by atoms with E-state index in [-0.39, 0.29) is 11.4 Å². The Morgan fingerprint density at radius 3 is 2.33 bits per heavy atom. The van der Waals surface area contributed by atoms with Crippen molar-refractivity contribution in [3.05, 3.63) is 42.0 Å². The fourth-order valence-electron chi connectivity index (χ4n) is 2.10. The molecule has 0 amide bonds. The second kappa shape index (κ2) is 5.47. The average Bonchev–Trinajstić information content (AvgIpc) is 2.67. The van der Waals surface area contributed by atoms with Gasteiger partial charge in [-0.3, -0.25) is 0 Å². The summed E-state index contributed by atoms with van der Waals surface area (Å²) in [6.07, 6.45) is 0.790. The van der Waals surface area contributed by atoms with Crippen LogP contribution in [0.5, 0.6) is 11.5 Å². The van der Waals surface area contributed by atoms with Gasteiger partial charge in [-0.25, -0.2) is 8.78 Å². The van der Waals surface area contributed by atoms with Gasteiger partial charge in [0.25, 0.3) is 0 Å². The van der Waals surface area contributed by atoms with Crippen molar-refractivity contribution >= 4 is 17.1 Å². The first-order valence-corrected chi connectivity index (χ1v) is 6.54. The van der Waals surface area contributed by atoms with Crippen molar-refractivity contribution in [2.24, 2.45) is 0 Å². The number of fused-ring (bicyclic) bond motifs is 1. The Kier molecular flexibility index (Phi) is 3.51. The van der Waals surface area contributed by atoms with Gasteiger partial charge in [-0.2, -0.15) is 0 Å². The smallest absolute Gasteiger partial charge is 0.163 e. The molecule has 0 aromatic heterocycles. The Morgan fingerprint density at radius 1 is 0.952 bits per heavy atom. The monoisotopic (exact) mass is 292 g/mol. The molecule has 0 fully saturated rings. The maximum Gasteiger partial charge on any atom is 0.163 e. The van der Waals surface area contributed by atoms with E-state index in [1.54, 1.807) is 18.2 Å². The van der Waals surface area contributed by atoms with E-state index in [0.29, 0.717) is 30.4 Å². The zero-order valence-corrected chi connectivity index (χ0v) is 11.2. The van der Waals surface area contributed by atoms with Crippen molar-refractivity contribution in [2.75, 3.05) is 24.3 Å². The number of hydrogen-bond acceptors (Lipinski definition) is 4. The summed E-state index contributed by atoms with van der Waals surface area (Å²) in [4.78, 5) is 0. The second-order valence-corrected chi connectivity index (χ2v) is 4.70. The molecular formula is C15H14F2N2O2. The van der Waals surface area contributed by atoms with Gasteiger partial charge in [-0.15, -0.1) is 0 Å². The van der Waals surface area contributed by atoms with Crippen LogP contribution in [0.25, 0.3) is 0 Å². The molecule has 0 atom stereocenters. The molecule has 3 rings (SSSR count). The third-order valence-corrected chi connectivity index (χ3v) is 3.08. The van der Waals surface area contributed by atoms with Gasteiger partial charge in [0.2, 0.25) is 0 Å². The highest BCUT2D eigenvalue weighted by Gasteiger charge is 2.14. The Balaban J connectivity index is 1.90. The maximum absolute atomic E-state index is 13.8. The molecule has 0 unspecified atom stereocenters. The Bertz CT molecular complexity index is 654. The van der Waals surface area contributed by atoms with E-state index in [9.17, 15) is 8.78 Å². The Morgan fingerprint density at radius 2 is 1.62 bits per heavy atom. The van der Waals surface area contributed by atoms with E-state index in [0.717, 1.165) is 18.6 Å². The topological polar surface area (TPSA) is 56.5 Å². The zero-order valence-electron chi connectivity index (χ0n) is 11.2. The van der Waals surface area contributed by atoms with Crippen molar-refractivity contribution in [3.63, 3.8) is 0 Å². The molecule has 21 heavy (non-hydrogen) atoms. The van der Waals surface area contributed by atoms with Crippen LogP contribution in [0.4, 0.5) is 25.8 Å². The molecule has 0 radical (unpaired) electrons. The lowest BCUT2D eigenvalue weighted by Crippen LogP contribution is -2.00. The summed E-state index contributed by atoms with van der Waals surface area (Å²) in [5.41, 5.74) is 5.67. The van der Waals surface area contributed by atoms with Crippen LogP contribution in [0.15, 0.2) is 30.3 Å². The summed E-state index contributed by atoms with van der Waals surface area (Å²) in [6, 6.07) is 7.15. The van der Waals surface area contributed by atoms with E-state index in [4.69, 9.17) is 15.2 Å². The summed E-state index contributed by atoms with van der Waals surface area (Å²) in [5.74, 6) is -0.329.